The molecule has 1 N–H and O–H groups in total. The van der Waals surface area contributed by atoms with E-state index in [-0.39, 0.29) is 17.9 Å². The van der Waals surface area contributed by atoms with Crippen LogP contribution in [0.25, 0.3) is 10.9 Å². The lowest BCUT2D eigenvalue weighted by Crippen LogP contribution is -2.44. The Morgan fingerprint density at radius 3 is 2.72 bits per heavy atom. The number of methoxy groups -OCH3 is 1. The molecule has 0 bridgehead atoms. The Morgan fingerprint density at radius 1 is 1.22 bits per heavy atom. The maximum atomic E-state index is 15.6. The Hall–Kier alpha value is -2.77. The number of piperidine rings is 1. The van der Waals surface area contributed by atoms with E-state index in [2.05, 4.69) is 14.9 Å². The highest BCUT2D eigenvalue weighted by molar-refractivity contribution is 6.32. The molecule has 0 saturated carbocycles. The molecule has 0 spiro atoms. The number of carbonyl (C=O) groups is 1. The minimum atomic E-state index is -1.39. The van der Waals surface area contributed by atoms with Gasteiger partial charge in [0.2, 0.25) is 0 Å². The number of rotatable bonds is 11. The Kier molecular flexibility index (Phi) is 8.75. The second kappa shape index (κ2) is 12.0. The van der Waals surface area contributed by atoms with E-state index in [9.17, 15) is 9.90 Å². The lowest BCUT2D eigenvalue weighted by atomic mass is 9.74. The topological polar surface area (TPSA) is 75.6 Å². The number of ether oxygens (including phenoxy) is 1. The largest absolute Gasteiger partial charge is 0.497 e. The average molecular weight is 514 g/mol. The van der Waals surface area contributed by atoms with Gasteiger partial charge in [-0.05, 0) is 94.9 Å². The molecule has 2 aromatic heterocycles. The predicted molar refractivity (Wildman–Crippen MR) is 139 cm³/mol. The molecule has 1 saturated heterocycles. The summed E-state index contributed by atoms with van der Waals surface area (Å²) in [5.74, 6) is -0.244. The highest BCUT2D eigenvalue weighted by atomic mass is 35.5. The number of carboxylic acids is 1. The van der Waals surface area contributed by atoms with Crippen LogP contribution >= 0.6 is 11.6 Å². The lowest BCUT2D eigenvalue weighted by molar-refractivity contribution is -0.153. The highest BCUT2D eigenvalue weighted by Gasteiger charge is 2.41. The van der Waals surface area contributed by atoms with E-state index in [0.29, 0.717) is 48.1 Å². The van der Waals surface area contributed by atoms with Gasteiger partial charge in [0.25, 0.3) is 0 Å². The maximum Gasteiger partial charge on any atom is 0.309 e. The van der Waals surface area contributed by atoms with Crippen LogP contribution < -0.4 is 4.74 Å². The molecular weight excluding hydrogens is 481 g/mol. The SMILES string of the molecule is COc1ccc2ncc(Cl)c([C@H](F)CCC3(C(=O)O)CCN(CCCCc4ccccn4)CC3)c2c1. The fraction of sp³-hybridized carbons (Fsp3) is 0.464. The number of pyridine rings is 2. The third-order valence-corrected chi connectivity index (χ3v) is 7.71. The fourth-order valence-electron chi connectivity index (χ4n) is 5.12. The Bertz CT molecular complexity index is 1170. The van der Waals surface area contributed by atoms with Gasteiger partial charge in [0.1, 0.15) is 11.9 Å². The molecule has 0 unspecified atom stereocenters. The molecule has 6 nitrogen and oxygen atoms in total. The van der Waals surface area contributed by atoms with Gasteiger partial charge in [-0.1, -0.05) is 17.7 Å². The molecule has 3 aromatic rings. The lowest BCUT2D eigenvalue weighted by Gasteiger charge is -2.39. The van der Waals surface area contributed by atoms with Crippen LogP contribution in [-0.4, -0.2) is 52.7 Å². The van der Waals surface area contributed by atoms with Crippen LogP contribution in [0.3, 0.4) is 0 Å². The van der Waals surface area contributed by atoms with Gasteiger partial charge in [-0.25, -0.2) is 4.39 Å². The number of hydrogen-bond donors (Lipinski definition) is 1. The standard InChI is InChI=1S/C28H33ClFN3O3/c1-36-21-8-9-25-22(18-21)26(23(29)19-32-25)24(30)10-11-28(27(34)35)12-16-33(17-13-28)15-5-3-7-20-6-2-4-14-31-20/h2,4,6,8-9,14,18-19,24H,3,5,7,10-13,15-17H2,1H3,(H,34,35)/t24-/m1/s1. The molecule has 36 heavy (non-hydrogen) atoms. The van der Waals surface area contributed by atoms with Crippen molar-refractivity contribution < 1.29 is 19.0 Å². The molecule has 4 rings (SSSR count). The zero-order chi connectivity index (χ0) is 25.5. The summed E-state index contributed by atoms with van der Waals surface area (Å²) in [5.41, 5.74) is 1.16. The first-order chi connectivity index (χ1) is 17.4. The number of halogens is 2. The molecule has 8 heteroatoms. The third-order valence-electron chi connectivity index (χ3n) is 7.41. The summed E-state index contributed by atoms with van der Waals surface area (Å²) in [4.78, 5) is 23.3. The molecule has 1 aromatic carbocycles. The van der Waals surface area contributed by atoms with Gasteiger partial charge in [-0.15, -0.1) is 0 Å². The summed E-state index contributed by atoms with van der Waals surface area (Å²) < 4.78 is 20.9. The minimum Gasteiger partial charge on any atom is -0.497 e. The van der Waals surface area contributed by atoms with Crippen LogP contribution in [-0.2, 0) is 11.2 Å². The second-order valence-corrected chi connectivity index (χ2v) is 10.0. The van der Waals surface area contributed by atoms with Gasteiger partial charge in [-0.2, -0.15) is 0 Å². The summed E-state index contributed by atoms with van der Waals surface area (Å²) >= 11 is 6.36. The summed E-state index contributed by atoms with van der Waals surface area (Å²) in [6.07, 6.45) is 6.31. The van der Waals surface area contributed by atoms with E-state index in [1.165, 1.54) is 6.20 Å². The molecule has 3 heterocycles. The van der Waals surface area contributed by atoms with Crippen LogP contribution in [0.1, 0.15) is 56.0 Å². The van der Waals surface area contributed by atoms with E-state index in [1.807, 2.05) is 24.4 Å². The first-order valence-electron chi connectivity index (χ1n) is 12.5. The number of aryl methyl sites for hydroxylation is 1. The van der Waals surface area contributed by atoms with Crippen molar-refractivity contribution in [1.29, 1.82) is 0 Å². The van der Waals surface area contributed by atoms with Crippen molar-refractivity contribution in [2.45, 2.75) is 51.1 Å². The van der Waals surface area contributed by atoms with Crippen molar-refractivity contribution in [2.24, 2.45) is 5.41 Å². The monoisotopic (exact) mass is 513 g/mol. The van der Waals surface area contributed by atoms with Crippen LogP contribution in [0.5, 0.6) is 5.75 Å². The van der Waals surface area contributed by atoms with Gasteiger partial charge in [0, 0.05) is 29.0 Å². The van der Waals surface area contributed by atoms with E-state index < -0.39 is 17.6 Å². The van der Waals surface area contributed by atoms with Crippen LogP contribution in [0.4, 0.5) is 4.39 Å². The van der Waals surface area contributed by atoms with Crippen molar-refractivity contribution in [3.05, 3.63) is 65.1 Å². The number of fused-ring (bicyclic) bond motifs is 1. The number of carboxylic acid groups (broad SMARTS) is 1. The second-order valence-electron chi connectivity index (χ2n) is 9.61. The summed E-state index contributed by atoms with van der Waals surface area (Å²) in [6.45, 7) is 2.36. The Morgan fingerprint density at radius 2 is 2.03 bits per heavy atom. The first-order valence-corrected chi connectivity index (χ1v) is 12.9. The quantitative estimate of drug-likeness (QED) is 0.304. The van der Waals surface area contributed by atoms with Crippen LogP contribution in [0.2, 0.25) is 5.02 Å². The van der Waals surface area contributed by atoms with Gasteiger partial charge in [0.15, 0.2) is 0 Å². The van der Waals surface area contributed by atoms with E-state index in [4.69, 9.17) is 16.3 Å². The predicted octanol–water partition coefficient (Wildman–Crippen LogP) is 6.27. The van der Waals surface area contributed by atoms with E-state index >= 15 is 4.39 Å². The number of hydrogen-bond acceptors (Lipinski definition) is 5. The zero-order valence-corrected chi connectivity index (χ0v) is 21.4. The Balaban J connectivity index is 1.34. The van der Waals surface area contributed by atoms with Crippen molar-refractivity contribution in [3.63, 3.8) is 0 Å². The molecule has 1 aliphatic heterocycles. The van der Waals surface area contributed by atoms with Gasteiger partial charge in [0.05, 0.1) is 23.1 Å². The van der Waals surface area contributed by atoms with Crippen molar-refractivity contribution >= 4 is 28.5 Å². The van der Waals surface area contributed by atoms with Crippen LogP contribution in [0, 0.1) is 5.41 Å². The molecule has 192 valence electrons. The zero-order valence-electron chi connectivity index (χ0n) is 20.6. The molecule has 1 fully saturated rings. The summed E-state index contributed by atoms with van der Waals surface area (Å²) in [6, 6.07) is 11.2. The first kappa shape index (κ1) is 26.3. The van der Waals surface area contributed by atoms with Crippen LogP contribution in [0.15, 0.2) is 48.8 Å². The maximum absolute atomic E-state index is 15.6. The number of benzene rings is 1. The minimum absolute atomic E-state index is 0.0897. The smallest absolute Gasteiger partial charge is 0.309 e. The molecule has 0 aliphatic carbocycles. The van der Waals surface area contributed by atoms with E-state index in [0.717, 1.165) is 31.5 Å². The highest BCUT2D eigenvalue weighted by Crippen LogP contribution is 2.42. The number of unbranched alkanes of at least 4 members (excludes halogenated alkanes) is 1. The number of likely N-dealkylation sites (tertiary alicyclic amines) is 1. The van der Waals surface area contributed by atoms with Crippen molar-refractivity contribution in [1.82, 2.24) is 14.9 Å². The van der Waals surface area contributed by atoms with E-state index in [1.54, 1.807) is 25.3 Å². The molecule has 0 radical (unpaired) electrons. The summed E-state index contributed by atoms with van der Waals surface area (Å²) in [7, 11) is 1.55. The number of aliphatic carboxylic acids is 1. The van der Waals surface area contributed by atoms with Crippen molar-refractivity contribution in [3.8, 4) is 5.75 Å². The normalized spacial score (nSPS) is 16.6. The molecule has 1 atom stereocenters. The summed E-state index contributed by atoms with van der Waals surface area (Å²) in [5, 5.41) is 10.9. The number of nitrogens with zero attached hydrogens (tertiary/aromatic N) is 3. The fourth-order valence-corrected chi connectivity index (χ4v) is 5.39. The molecule has 0 amide bonds. The molecule has 1 aliphatic rings. The molecular formula is C28H33ClFN3O3. The number of aromatic nitrogens is 2. The van der Waals surface area contributed by atoms with Gasteiger partial charge < -0.3 is 14.7 Å². The third kappa shape index (κ3) is 6.13. The van der Waals surface area contributed by atoms with Gasteiger partial charge in [-0.3, -0.25) is 14.8 Å². The van der Waals surface area contributed by atoms with Gasteiger partial charge >= 0.3 is 5.97 Å². The Labute approximate surface area is 216 Å². The van der Waals surface area contributed by atoms with Crippen molar-refractivity contribution in [2.75, 3.05) is 26.7 Å². The number of alkyl halides is 1. The average Bonchev–Trinajstić information content (AvgIpc) is 2.90.